The van der Waals surface area contributed by atoms with Crippen LogP contribution in [0.3, 0.4) is 0 Å². The summed E-state index contributed by atoms with van der Waals surface area (Å²) in [5.74, 6) is 0.669. The van der Waals surface area contributed by atoms with Gasteiger partial charge >= 0.3 is 0 Å². The van der Waals surface area contributed by atoms with Crippen molar-refractivity contribution in [3.63, 3.8) is 0 Å². The highest BCUT2D eigenvalue weighted by Crippen LogP contribution is 2.16. The van der Waals surface area contributed by atoms with E-state index in [2.05, 4.69) is 22.5 Å². The van der Waals surface area contributed by atoms with Crippen molar-refractivity contribution >= 4 is 5.96 Å². The van der Waals surface area contributed by atoms with Crippen molar-refractivity contribution in [2.75, 3.05) is 20.1 Å². The van der Waals surface area contributed by atoms with Gasteiger partial charge in [0.25, 0.3) is 0 Å². The number of ether oxygens (including phenoxy) is 1. The molecule has 0 saturated carbocycles. The first-order valence-corrected chi connectivity index (χ1v) is 7.03. The molecule has 112 valence electrons. The molecule has 4 nitrogen and oxygen atoms in total. The van der Waals surface area contributed by atoms with Crippen LogP contribution in [0.1, 0.15) is 26.7 Å². The van der Waals surface area contributed by atoms with Gasteiger partial charge in [0.05, 0.1) is 6.54 Å². The maximum atomic E-state index is 13.4. The summed E-state index contributed by atoms with van der Waals surface area (Å²) in [6, 6.07) is 6.41. The fourth-order valence-electron chi connectivity index (χ4n) is 1.64. The van der Waals surface area contributed by atoms with Crippen LogP contribution in [0.5, 0.6) is 5.75 Å². The molecule has 0 bridgehead atoms. The second-order valence-corrected chi connectivity index (χ2v) is 4.59. The summed E-state index contributed by atoms with van der Waals surface area (Å²) in [4.78, 5) is 4.12. The van der Waals surface area contributed by atoms with Crippen molar-refractivity contribution in [3.05, 3.63) is 30.1 Å². The lowest BCUT2D eigenvalue weighted by atomic mass is 10.3. The molecule has 0 aliphatic heterocycles. The minimum Gasteiger partial charge on any atom is -0.486 e. The first kappa shape index (κ1) is 16.3. The molecule has 5 heteroatoms. The van der Waals surface area contributed by atoms with Gasteiger partial charge < -0.3 is 15.4 Å². The lowest BCUT2D eigenvalue weighted by Crippen LogP contribution is -2.42. The molecule has 1 aromatic carbocycles. The number of hydrogen-bond acceptors (Lipinski definition) is 2. The summed E-state index contributed by atoms with van der Waals surface area (Å²) < 4.78 is 19.0. The molecule has 0 amide bonds. The van der Waals surface area contributed by atoms with Crippen LogP contribution in [-0.4, -0.2) is 32.2 Å². The molecule has 0 aromatic heterocycles. The Morgan fingerprint density at radius 3 is 2.75 bits per heavy atom. The van der Waals surface area contributed by atoms with E-state index >= 15 is 0 Å². The molecule has 0 aliphatic rings. The largest absolute Gasteiger partial charge is 0.486 e. The van der Waals surface area contributed by atoms with Crippen LogP contribution < -0.4 is 15.4 Å². The SMILES string of the molecule is CCCCNC(=NC)NCC(C)Oc1ccccc1F. The Kier molecular flexibility index (Phi) is 7.47. The number of guanidine groups is 1. The number of halogens is 1. The summed E-state index contributed by atoms with van der Waals surface area (Å²) in [5, 5.41) is 6.37. The normalized spacial score (nSPS) is 12.9. The minimum atomic E-state index is -0.343. The molecule has 0 aliphatic carbocycles. The first-order chi connectivity index (χ1) is 9.67. The van der Waals surface area contributed by atoms with Crippen molar-refractivity contribution in [1.82, 2.24) is 10.6 Å². The van der Waals surface area contributed by atoms with Crippen molar-refractivity contribution in [2.24, 2.45) is 4.99 Å². The van der Waals surface area contributed by atoms with Crippen LogP contribution in [-0.2, 0) is 0 Å². The van der Waals surface area contributed by atoms with E-state index in [4.69, 9.17) is 4.74 Å². The Morgan fingerprint density at radius 1 is 1.35 bits per heavy atom. The van der Waals surface area contributed by atoms with Gasteiger partial charge in [-0.2, -0.15) is 0 Å². The maximum absolute atomic E-state index is 13.4. The summed E-state index contributed by atoms with van der Waals surface area (Å²) in [5.41, 5.74) is 0. The summed E-state index contributed by atoms with van der Waals surface area (Å²) in [6.45, 7) is 5.47. The zero-order valence-electron chi connectivity index (χ0n) is 12.4. The predicted molar refractivity (Wildman–Crippen MR) is 80.8 cm³/mol. The second kappa shape index (κ2) is 9.18. The third-order valence-corrected chi connectivity index (χ3v) is 2.77. The summed E-state index contributed by atoms with van der Waals surface area (Å²) in [7, 11) is 1.73. The molecule has 1 unspecified atom stereocenters. The Labute approximate surface area is 120 Å². The van der Waals surface area contributed by atoms with E-state index in [1.807, 2.05) is 6.92 Å². The van der Waals surface area contributed by atoms with Gasteiger partial charge in [0.2, 0.25) is 0 Å². The van der Waals surface area contributed by atoms with Crippen molar-refractivity contribution < 1.29 is 9.13 Å². The number of nitrogens with one attached hydrogen (secondary N) is 2. The van der Waals surface area contributed by atoms with Gasteiger partial charge in [0.1, 0.15) is 6.10 Å². The molecule has 0 spiro atoms. The molecule has 20 heavy (non-hydrogen) atoms. The number of hydrogen-bond donors (Lipinski definition) is 2. The monoisotopic (exact) mass is 281 g/mol. The number of nitrogens with zero attached hydrogens (tertiary/aromatic N) is 1. The number of benzene rings is 1. The van der Waals surface area contributed by atoms with Gasteiger partial charge in [-0.15, -0.1) is 0 Å². The van der Waals surface area contributed by atoms with Crippen molar-refractivity contribution in [1.29, 1.82) is 0 Å². The first-order valence-electron chi connectivity index (χ1n) is 7.03. The third-order valence-electron chi connectivity index (χ3n) is 2.77. The summed E-state index contributed by atoms with van der Waals surface area (Å²) in [6.07, 6.45) is 2.08. The van der Waals surface area contributed by atoms with E-state index < -0.39 is 0 Å². The molecule has 0 fully saturated rings. The van der Waals surface area contributed by atoms with Crippen molar-refractivity contribution in [2.45, 2.75) is 32.8 Å². The average Bonchev–Trinajstić information content (AvgIpc) is 2.45. The van der Waals surface area contributed by atoms with Crippen LogP contribution in [0.4, 0.5) is 4.39 Å². The summed E-state index contributed by atoms with van der Waals surface area (Å²) >= 11 is 0. The Bertz CT molecular complexity index is 423. The lowest BCUT2D eigenvalue weighted by molar-refractivity contribution is 0.214. The quantitative estimate of drug-likeness (QED) is 0.459. The molecular weight excluding hydrogens is 257 g/mol. The van der Waals surface area contributed by atoms with E-state index in [0.29, 0.717) is 6.54 Å². The Morgan fingerprint density at radius 2 is 2.10 bits per heavy atom. The van der Waals surface area contributed by atoms with E-state index in [0.717, 1.165) is 25.3 Å². The van der Waals surface area contributed by atoms with Gasteiger partial charge in [0.15, 0.2) is 17.5 Å². The van der Waals surface area contributed by atoms with Crippen LogP contribution in [0.2, 0.25) is 0 Å². The topological polar surface area (TPSA) is 45.7 Å². The zero-order valence-corrected chi connectivity index (χ0v) is 12.4. The van der Waals surface area contributed by atoms with Gasteiger partial charge in [-0.05, 0) is 25.5 Å². The van der Waals surface area contributed by atoms with Crippen molar-refractivity contribution in [3.8, 4) is 5.75 Å². The lowest BCUT2D eigenvalue weighted by Gasteiger charge is -2.18. The molecule has 1 aromatic rings. The maximum Gasteiger partial charge on any atom is 0.191 e. The predicted octanol–water partition coefficient (Wildman–Crippen LogP) is 2.56. The number of para-hydroxylation sites is 1. The van der Waals surface area contributed by atoms with Crippen LogP contribution >= 0.6 is 0 Å². The highest BCUT2D eigenvalue weighted by atomic mass is 19.1. The Hall–Kier alpha value is -1.78. The Balaban J connectivity index is 2.35. The van der Waals surface area contributed by atoms with E-state index in [-0.39, 0.29) is 17.7 Å². The molecule has 0 heterocycles. The third kappa shape index (κ3) is 5.91. The minimum absolute atomic E-state index is 0.156. The van der Waals surface area contributed by atoms with Gasteiger partial charge in [-0.3, -0.25) is 4.99 Å². The van der Waals surface area contributed by atoms with E-state index in [1.54, 1.807) is 25.2 Å². The number of aliphatic imine (C=N–C) groups is 1. The number of unbranched alkanes of at least 4 members (excludes halogenated alkanes) is 1. The standard InChI is InChI=1S/C15H24FN3O/c1-4-5-10-18-15(17-3)19-11-12(2)20-14-9-7-6-8-13(14)16/h6-9,12H,4-5,10-11H2,1-3H3,(H2,17,18,19). The van der Waals surface area contributed by atoms with Gasteiger partial charge in [-0.1, -0.05) is 25.5 Å². The average molecular weight is 281 g/mol. The molecular formula is C15H24FN3O. The van der Waals surface area contributed by atoms with Gasteiger partial charge in [0, 0.05) is 13.6 Å². The van der Waals surface area contributed by atoms with Gasteiger partial charge in [-0.25, -0.2) is 4.39 Å². The highest BCUT2D eigenvalue weighted by Gasteiger charge is 2.08. The zero-order chi connectivity index (χ0) is 14.8. The van der Waals surface area contributed by atoms with E-state index in [9.17, 15) is 4.39 Å². The smallest absolute Gasteiger partial charge is 0.191 e. The van der Waals surface area contributed by atoms with E-state index in [1.165, 1.54) is 6.07 Å². The molecule has 2 N–H and O–H groups in total. The molecule has 0 saturated heterocycles. The van der Waals surface area contributed by atoms with Crippen LogP contribution in [0.15, 0.2) is 29.3 Å². The molecule has 1 rings (SSSR count). The number of rotatable bonds is 7. The molecule has 1 atom stereocenters. The second-order valence-electron chi connectivity index (χ2n) is 4.59. The van der Waals surface area contributed by atoms with Crippen LogP contribution in [0.25, 0.3) is 0 Å². The molecule has 0 radical (unpaired) electrons. The highest BCUT2D eigenvalue weighted by molar-refractivity contribution is 5.79. The van der Waals surface area contributed by atoms with Crippen LogP contribution in [0, 0.1) is 5.82 Å². The fraction of sp³-hybridized carbons (Fsp3) is 0.533. The fourth-order valence-corrected chi connectivity index (χ4v) is 1.64.